The molecule has 1 aromatic heterocycles. The molecule has 1 aliphatic heterocycles. The summed E-state index contributed by atoms with van der Waals surface area (Å²) < 4.78 is 5.81. The Bertz CT molecular complexity index is 1240. The number of aromatic carboxylic acids is 1. The molecule has 1 aliphatic rings. The summed E-state index contributed by atoms with van der Waals surface area (Å²) in [5, 5.41) is 15.6. The van der Waals surface area contributed by atoms with Crippen LogP contribution in [0.2, 0.25) is 5.02 Å². The number of carboxylic acids is 1. The predicted octanol–water partition coefficient (Wildman–Crippen LogP) is 5.41. The van der Waals surface area contributed by atoms with Crippen molar-refractivity contribution in [2.45, 2.75) is 13.8 Å². The molecule has 6 nitrogen and oxygen atoms in total. The zero-order valence-electron chi connectivity index (χ0n) is 16.2. The van der Waals surface area contributed by atoms with Gasteiger partial charge in [0.2, 0.25) is 0 Å². The maximum absolute atomic E-state index is 12.9. The standard InChI is InChI=1S/C23H17ClN2O4/c1-13-7-8-15(11-20(13)24)26-22(27)19(14(2)25-26)12-16-9-10-21(30-16)17-5-3-4-6-18(17)23(28)29/h3-12H,1-2H3,(H,28,29)/b19-12-. The number of hydrogen-bond donors (Lipinski definition) is 1. The van der Waals surface area contributed by atoms with Crippen molar-refractivity contribution in [3.05, 3.63) is 82.1 Å². The summed E-state index contributed by atoms with van der Waals surface area (Å²) in [6.07, 6.45) is 1.60. The van der Waals surface area contributed by atoms with Gasteiger partial charge in [0.05, 0.1) is 22.5 Å². The van der Waals surface area contributed by atoms with E-state index in [2.05, 4.69) is 5.10 Å². The molecule has 4 rings (SSSR count). The second-order valence-electron chi connectivity index (χ2n) is 6.85. The minimum Gasteiger partial charge on any atom is -0.478 e. The van der Waals surface area contributed by atoms with E-state index >= 15 is 0 Å². The fourth-order valence-corrected chi connectivity index (χ4v) is 3.35. The molecule has 0 spiro atoms. The third kappa shape index (κ3) is 3.53. The van der Waals surface area contributed by atoms with Gasteiger partial charge in [-0.3, -0.25) is 4.79 Å². The predicted molar refractivity (Wildman–Crippen MR) is 116 cm³/mol. The minimum absolute atomic E-state index is 0.142. The van der Waals surface area contributed by atoms with Crippen LogP contribution < -0.4 is 5.01 Å². The van der Waals surface area contributed by atoms with Gasteiger partial charge in [-0.15, -0.1) is 0 Å². The van der Waals surface area contributed by atoms with Gasteiger partial charge >= 0.3 is 5.97 Å². The first-order valence-corrected chi connectivity index (χ1v) is 9.53. The zero-order valence-corrected chi connectivity index (χ0v) is 17.0. The number of carbonyl (C=O) groups is 2. The van der Waals surface area contributed by atoms with Crippen LogP contribution in [0.15, 0.2) is 69.7 Å². The summed E-state index contributed by atoms with van der Waals surface area (Å²) in [5.41, 5.74) is 3.03. The van der Waals surface area contributed by atoms with Crippen LogP contribution in [0.4, 0.5) is 5.69 Å². The third-order valence-electron chi connectivity index (χ3n) is 4.80. The van der Waals surface area contributed by atoms with Crippen molar-refractivity contribution in [1.82, 2.24) is 0 Å². The van der Waals surface area contributed by atoms with Gasteiger partial charge in [-0.25, -0.2) is 4.79 Å². The number of amides is 1. The molecule has 0 saturated carbocycles. The Kier molecular flexibility index (Phi) is 5.01. The number of aryl methyl sites for hydroxylation is 1. The van der Waals surface area contributed by atoms with Gasteiger partial charge in [0.1, 0.15) is 11.5 Å². The molecule has 0 bridgehead atoms. The summed E-state index contributed by atoms with van der Waals surface area (Å²) in [4.78, 5) is 24.4. The molecule has 1 N–H and O–H groups in total. The average molecular weight is 421 g/mol. The Hall–Kier alpha value is -3.64. The van der Waals surface area contributed by atoms with E-state index in [0.29, 0.717) is 39.1 Å². The number of carboxylic acid groups (broad SMARTS) is 1. The average Bonchev–Trinajstić information content (AvgIpc) is 3.30. The van der Waals surface area contributed by atoms with Crippen molar-refractivity contribution in [2.24, 2.45) is 5.10 Å². The number of hydrogen-bond acceptors (Lipinski definition) is 4. The number of rotatable bonds is 4. The van der Waals surface area contributed by atoms with E-state index in [1.54, 1.807) is 55.5 Å². The van der Waals surface area contributed by atoms with E-state index in [9.17, 15) is 14.7 Å². The fourth-order valence-electron chi connectivity index (χ4n) is 3.17. The Morgan fingerprint density at radius 1 is 1.13 bits per heavy atom. The molecule has 2 aromatic carbocycles. The highest BCUT2D eigenvalue weighted by molar-refractivity contribution is 6.33. The van der Waals surface area contributed by atoms with E-state index in [1.165, 1.54) is 11.1 Å². The minimum atomic E-state index is -1.04. The van der Waals surface area contributed by atoms with Crippen LogP contribution in [0.5, 0.6) is 0 Å². The molecule has 0 fully saturated rings. The van der Waals surface area contributed by atoms with Crippen molar-refractivity contribution < 1.29 is 19.1 Å². The summed E-state index contributed by atoms with van der Waals surface area (Å²) in [6, 6.07) is 15.3. The third-order valence-corrected chi connectivity index (χ3v) is 5.21. The zero-order chi connectivity index (χ0) is 21.4. The number of halogens is 1. The van der Waals surface area contributed by atoms with Gasteiger partial charge in [-0.2, -0.15) is 10.1 Å². The van der Waals surface area contributed by atoms with Gasteiger partial charge < -0.3 is 9.52 Å². The first-order chi connectivity index (χ1) is 14.3. The van der Waals surface area contributed by atoms with Gasteiger partial charge in [0, 0.05) is 10.6 Å². The lowest BCUT2D eigenvalue weighted by molar-refractivity contribution is -0.114. The van der Waals surface area contributed by atoms with E-state index in [1.807, 2.05) is 13.0 Å². The first kappa shape index (κ1) is 19.7. The summed E-state index contributed by atoms with van der Waals surface area (Å²) in [7, 11) is 0. The lowest BCUT2D eigenvalue weighted by Gasteiger charge is -2.12. The van der Waals surface area contributed by atoms with E-state index in [-0.39, 0.29) is 11.5 Å². The molecule has 2 heterocycles. The summed E-state index contributed by atoms with van der Waals surface area (Å²) >= 11 is 6.18. The van der Waals surface area contributed by atoms with Crippen LogP contribution in [0, 0.1) is 6.92 Å². The molecule has 3 aromatic rings. The molecule has 30 heavy (non-hydrogen) atoms. The summed E-state index contributed by atoms with van der Waals surface area (Å²) in [6.45, 7) is 3.62. The van der Waals surface area contributed by atoms with Crippen molar-refractivity contribution in [1.29, 1.82) is 0 Å². The highest BCUT2D eigenvalue weighted by Gasteiger charge is 2.29. The molecular formula is C23H17ClN2O4. The van der Waals surface area contributed by atoms with Gasteiger partial charge in [-0.1, -0.05) is 35.9 Å². The summed E-state index contributed by atoms with van der Waals surface area (Å²) in [5.74, 6) is -0.506. The molecule has 7 heteroatoms. The number of anilines is 1. The van der Waals surface area contributed by atoms with Gasteiger partial charge in [0.15, 0.2) is 0 Å². The highest BCUT2D eigenvalue weighted by atomic mass is 35.5. The van der Waals surface area contributed by atoms with Crippen molar-refractivity contribution >= 4 is 41.0 Å². The lowest BCUT2D eigenvalue weighted by Crippen LogP contribution is -2.21. The molecule has 1 amide bonds. The van der Waals surface area contributed by atoms with Crippen LogP contribution in [-0.4, -0.2) is 22.7 Å². The first-order valence-electron chi connectivity index (χ1n) is 9.15. The van der Waals surface area contributed by atoms with E-state index < -0.39 is 5.97 Å². The van der Waals surface area contributed by atoms with E-state index in [0.717, 1.165) is 5.56 Å². The topological polar surface area (TPSA) is 83.1 Å². The fraction of sp³-hybridized carbons (Fsp3) is 0.0870. The highest BCUT2D eigenvalue weighted by Crippen LogP contribution is 2.30. The van der Waals surface area contributed by atoms with Crippen LogP contribution in [0.1, 0.15) is 28.6 Å². The molecule has 150 valence electrons. The van der Waals surface area contributed by atoms with Crippen LogP contribution in [0.25, 0.3) is 17.4 Å². The largest absolute Gasteiger partial charge is 0.478 e. The molecular weight excluding hydrogens is 404 g/mol. The van der Waals surface area contributed by atoms with Gasteiger partial charge in [-0.05, 0) is 55.8 Å². The van der Waals surface area contributed by atoms with Gasteiger partial charge in [0.25, 0.3) is 5.91 Å². The Morgan fingerprint density at radius 3 is 2.63 bits per heavy atom. The number of carbonyl (C=O) groups excluding carboxylic acids is 1. The number of hydrazone groups is 1. The quantitative estimate of drug-likeness (QED) is 0.572. The Morgan fingerprint density at radius 2 is 1.90 bits per heavy atom. The number of nitrogens with zero attached hydrogens (tertiary/aromatic N) is 2. The van der Waals surface area contributed by atoms with Crippen LogP contribution >= 0.6 is 11.6 Å². The molecule has 0 unspecified atom stereocenters. The normalized spacial score (nSPS) is 15.0. The second-order valence-corrected chi connectivity index (χ2v) is 7.25. The smallest absolute Gasteiger partial charge is 0.336 e. The maximum Gasteiger partial charge on any atom is 0.336 e. The van der Waals surface area contributed by atoms with Crippen molar-refractivity contribution in [3.8, 4) is 11.3 Å². The van der Waals surface area contributed by atoms with Crippen LogP contribution in [0.3, 0.4) is 0 Å². The lowest BCUT2D eigenvalue weighted by atomic mass is 10.1. The Labute approximate surface area is 177 Å². The van der Waals surface area contributed by atoms with Crippen LogP contribution in [-0.2, 0) is 4.79 Å². The molecule has 0 atom stereocenters. The molecule has 0 aliphatic carbocycles. The SMILES string of the molecule is CC1=NN(c2ccc(C)c(Cl)c2)C(=O)/C1=C\c1ccc(-c2ccccc2C(=O)O)o1. The number of benzene rings is 2. The van der Waals surface area contributed by atoms with Crippen molar-refractivity contribution in [2.75, 3.05) is 5.01 Å². The monoisotopic (exact) mass is 420 g/mol. The van der Waals surface area contributed by atoms with Crippen molar-refractivity contribution in [3.63, 3.8) is 0 Å². The Balaban J connectivity index is 1.65. The molecule has 0 saturated heterocycles. The van der Waals surface area contributed by atoms with E-state index in [4.69, 9.17) is 16.0 Å². The molecule has 0 radical (unpaired) electrons. The number of furan rings is 1. The second kappa shape index (κ2) is 7.65. The maximum atomic E-state index is 12.9.